The maximum Gasteiger partial charge on any atom is 0.251 e. The Kier molecular flexibility index (Phi) is 4.06. The molecule has 0 aliphatic carbocycles. The molecule has 1 saturated heterocycles. The molecule has 30 heavy (non-hydrogen) atoms. The first-order chi connectivity index (χ1) is 14.7. The molecule has 0 spiro atoms. The van der Waals surface area contributed by atoms with E-state index in [4.69, 9.17) is 0 Å². The highest BCUT2D eigenvalue weighted by Crippen LogP contribution is 2.37. The van der Waals surface area contributed by atoms with E-state index >= 15 is 0 Å². The van der Waals surface area contributed by atoms with Gasteiger partial charge < -0.3 is 9.55 Å². The Morgan fingerprint density at radius 1 is 1.07 bits per heavy atom. The van der Waals surface area contributed by atoms with Crippen molar-refractivity contribution in [1.29, 1.82) is 0 Å². The van der Waals surface area contributed by atoms with Crippen LogP contribution in [0, 0.1) is 5.92 Å². The van der Waals surface area contributed by atoms with Crippen LogP contribution in [0.15, 0.2) is 66.0 Å². The number of hydrogen-bond acceptors (Lipinski definition) is 4. The van der Waals surface area contributed by atoms with Gasteiger partial charge in [0.25, 0.3) is 5.56 Å². The highest BCUT2D eigenvalue weighted by atomic mass is 16.1. The van der Waals surface area contributed by atoms with Crippen LogP contribution in [0.25, 0.3) is 22.2 Å². The van der Waals surface area contributed by atoms with Crippen molar-refractivity contribution in [1.82, 2.24) is 24.4 Å². The molecule has 0 saturated carbocycles. The maximum atomic E-state index is 12.9. The lowest BCUT2D eigenvalue weighted by Gasteiger charge is -2.43. The number of rotatable bonds is 3. The molecule has 0 amide bonds. The van der Waals surface area contributed by atoms with E-state index < -0.39 is 0 Å². The summed E-state index contributed by atoms with van der Waals surface area (Å²) in [6.07, 6.45) is 8.65. The third kappa shape index (κ3) is 2.95. The molecule has 4 aromatic rings. The Hall–Kier alpha value is -3.25. The molecular weight excluding hydrogens is 374 g/mol. The number of aromatic nitrogens is 4. The van der Waals surface area contributed by atoms with Gasteiger partial charge in [0.1, 0.15) is 5.65 Å². The van der Waals surface area contributed by atoms with Gasteiger partial charge in [0, 0.05) is 79.6 Å². The highest BCUT2D eigenvalue weighted by molar-refractivity contribution is 5.79. The number of likely N-dealkylation sites (tertiary alicyclic amines) is 1. The molecule has 6 nitrogen and oxygen atoms in total. The van der Waals surface area contributed by atoms with Crippen LogP contribution in [-0.2, 0) is 13.1 Å². The van der Waals surface area contributed by atoms with Crippen molar-refractivity contribution in [3.8, 4) is 11.1 Å². The van der Waals surface area contributed by atoms with Gasteiger partial charge in [-0.2, -0.15) is 0 Å². The minimum absolute atomic E-state index is 0.109. The zero-order chi connectivity index (χ0) is 20.1. The smallest absolute Gasteiger partial charge is 0.251 e. The Bertz CT molecular complexity index is 1280. The minimum Gasteiger partial charge on any atom is -0.346 e. The maximum absolute atomic E-state index is 12.9. The second-order valence-electron chi connectivity index (χ2n) is 8.57. The van der Waals surface area contributed by atoms with Gasteiger partial charge in [-0.15, -0.1) is 0 Å². The molecule has 1 fully saturated rings. The number of aromatic amines is 1. The van der Waals surface area contributed by atoms with Gasteiger partial charge in [0.15, 0.2) is 0 Å². The summed E-state index contributed by atoms with van der Waals surface area (Å²) >= 11 is 0. The van der Waals surface area contributed by atoms with E-state index in [0.29, 0.717) is 11.8 Å². The number of nitrogens with zero attached hydrogens (tertiary/aromatic N) is 4. The summed E-state index contributed by atoms with van der Waals surface area (Å²) in [7, 11) is 0. The van der Waals surface area contributed by atoms with E-state index in [1.807, 2.05) is 35.2 Å². The van der Waals surface area contributed by atoms with Crippen LogP contribution in [0.5, 0.6) is 0 Å². The summed E-state index contributed by atoms with van der Waals surface area (Å²) in [5.41, 5.74) is 5.49. The van der Waals surface area contributed by atoms with Gasteiger partial charge in [-0.1, -0.05) is 6.07 Å². The van der Waals surface area contributed by atoms with Crippen LogP contribution in [0.3, 0.4) is 0 Å². The van der Waals surface area contributed by atoms with Crippen LogP contribution in [0.4, 0.5) is 0 Å². The zero-order valence-electron chi connectivity index (χ0n) is 16.7. The number of hydrogen-bond donors (Lipinski definition) is 1. The molecule has 150 valence electrons. The summed E-state index contributed by atoms with van der Waals surface area (Å²) in [4.78, 5) is 27.4. The van der Waals surface area contributed by atoms with E-state index in [0.717, 1.165) is 49.4 Å². The number of fused-ring (bicyclic) bond motifs is 5. The molecule has 1 N–H and O–H groups in total. The first kappa shape index (κ1) is 17.6. The minimum atomic E-state index is 0.109. The van der Waals surface area contributed by atoms with Crippen LogP contribution in [0.2, 0.25) is 0 Å². The number of H-pyrrole nitrogens is 1. The van der Waals surface area contributed by atoms with Crippen LogP contribution < -0.4 is 5.56 Å². The highest BCUT2D eigenvalue weighted by Gasteiger charge is 2.35. The molecule has 6 heterocycles. The van der Waals surface area contributed by atoms with E-state index in [1.54, 1.807) is 12.3 Å². The topological polar surface area (TPSA) is 66.8 Å². The van der Waals surface area contributed by atoms with Crippen LogP contribution in [0.1, 0.15) is 23.6 Å². The third-order valence-electron chi connectivity index (χ3n) is 6.56. The van der Waals surface area contributed by atoms with Gasteiger partial charge in [-0.25, -0.2) is 4.98 Å². The van der Waals surface area contributed by atoms with Crippen molar-refractivity contribution >= 4 is 11.0 Å². The quantitative estimate of drug-likeness (QED) is 0.575. The van der Waals surface area contributed by atoms with Gasteiger partial charge in [0.05, 0.1) is 0 Å². The molecule has 0 radical (unpaired) electrons. The third-order valence-corrected chi connectivity index (χ3v) is 6.56. The normalized spacial score (nSPS) is 20.9. The summed E-state index contributed by atoms with van der Waals surface area (Å²) in [5.74, 6) is 0.895. The van der Waals surface area contributed by atoms with Gasteiger partial charge in [-0.05, 0) is 47.7 Å². The predicted octanol–water partition coefficient (Wildman–Crippen LogP) is 3.41. The molecule has 2 bridgehead atoms. The number of piperidine rings is 1. The van der Waals surface area contributed by atoms with Crippen molar-refractivity contribution in [3.05, 3.63) is 82.8 Å². The SMILES string of the molecule is O=c1cc(-c2cccnc2)cc2n1C[C@H]1C[C@@H]2CN(Cc2c[nH]c3ncccc23)C1. The number of pyridine rings is 3. The van der Waals surface area contributed by atoms with E-state index in [-0.39, 0.29) is 5.56 Å². The molecular formula is C24H23N5O. The fraction of sp³-hybridized carbons (Fsp3) is 0.292. The largest absolute Gasteiger partial charge is 0.346 e. The van der Waals surface area contributed by atoms with E-state index in [9.17, 15) is 4.79 Å². The molecule has 2 aliphatic heterocycles. The lowest BCUT2D eigenvalue weighted by Crippen LogP contribution is -2.46. The van der Waals surface area contributed by atoms with Gasteiger partial charge in [0.2, 0.25) is 0 Å². The molecule has 6 rings (SSSR count). The second-order valence-corrected chi connectivity index (χ2v) is 8.57. The van der Waals surface area contributed by atoms with Crippen LogP contribution >= 0.6 is 0 Å². The van der Waals surface area contributed by atoms with Crippen molar-refractivity contribution in [2.75, 3.05) is 13.1 Å². The van der Waals surface area contributed by atoms with E-state index in [1.165, 1.54) is 16.6 Å². The van der Waals surface area contributed by atoms with Crippen molar-refractivity contribution < 1.29 is 0 Å². The molecule has 0 aromatic carbocycles. The number of nitrogens with one attached hydrogen (secondary N) is 1. The lowest BCUT2D eigenvalue weighted by molar-refractivity contribution is 0.115. The van der Waals surface area contributed by atoms with Crippen molar-refractivity contribution in [2.45, 2.75) is 25.4 Å². The lowest BCUT2D eigenvalue weighted by atomic mass is 9.82. The Labute approximate surface area is 174 Å². The fourth-order valence-electron chi connectivity index (χ4n) is 5.27. The Morgan fingerprint density at radius 2 is 2.00 bits per heavy atom. The average molecular weight is 397 g/mol. The van der Waals surface area contributed by atoms with Crippen molar-refractivity contribution in [3.63, 3.8) is 0 Å². The van der Waals surface area contributed by atoms with Crippen molar-refractivity contribution in [2.24, 2.45) is 5.92 Å². The molecule has 4 aromatic heterocycles. The Balaban J connectivity index is 1.32. The molecule has 2 atom stereocenters. The predicted molar refractivity (Wildman–Crippen MR) is 116 cm³/mol. The van der Waals surface area contributed by atoms with E-state index in [2.05, 4.69) is 38.2 Å². The average Bonchev–Trinajstić information content (AvgIpc) is 3.18. The summed E-state index contributed by atoms with van der Waals surface area (Å²) < 4.78 is 2.01. The summed E-state index contributed by atoms with van der Waals surface area (Å²) in [5, 5.41) is 1.20. The van der Waals surface area contributed by atoms with Gasteiger partial charge >= 0.3 is 0 Å². The molecule has 6 heteroatoms. The van der Waals surface area contributed by atoms with Gasteiger partial charge in [-0.3, -0.25) is 14.7 Å². The standard InChI is InChI=1S/C24H23N5O/c30-23-9-18(17-3-1-5-25-10-17)8-22-19-7-16(13-29(22)23)12-28(14-19)15-20-11-27-24-21(20)4-2-6-26-24/h1-6,8-11,16,19H,7,12-15H2,(H,26,27)/t16-,19+/m0/s1. The Morgan fingerprint density at radius 3 is 2.90 bits per heavy atom. The first-order valence-corrected chi connectivity index (χ1v) is 10.5. The first-order valence-electron chi connectivity index (χ1n) is 10.5. The molecule has 0 unspecified atom stereocenters. The fourth-order valence-corrected chi connectivity index (χ4v) is 5.27. The second kappa shape index (κ2) is 6.92. The zero-order valence-corrected chi connectivity index (χ0v) is 16.7. The monoisotopic (exact) mass is 397 g/mol. The van der Waals surface area contributed by atoms with Crippen LogP contribution in [-0.4, -0.2) is 37.5 Å². The summed E-state index contributed by atoms with van der Waals surface area (Å²) in [6, 6.07) is 12.0. The summed E-state index contributed by atoms with van der Waals surface area (Å²) in [6.45, 7) is 3.72. The molecule has 2 aliphatic rings.